The van der Waals surface area contributed by atoms with Gasteiger partial charge in [0, 0.05) is 13.8 Å². The van der Waals surface area contributed by atoms with Gasteiger partial charge in [-0.05, 0) is 41.5 Å². The molecule has 8 rings (SSSR count). The first-order chi connectivity index (χ1) is 41.8. The van der Waals surface area contributed by atoms with Crippen LogP contribution in [-0.4, -0.2) is 362 Å². The van der Waals surface area contributed by atoms with Crippen molar-refractivity contribution in [1.82, 2.24) is 10.6 Å². The predicted molar refractivity (Wildman–Crippen MR) is 279 cm³/mol. The Hall–Kier alpha value is -2.38. The largest absolute Gasteiger partial charge is 0.394 e. The van der Waals surface area contributed by atoms with Crippen molar-refractivity contribution in [3.8, 4) is 0 Å². The number of amides is 2. The van der Waals surface area contributed by atoms with Crippen LogP contribution in [0.1, 0.15) is 55.4 Å². The molecule has 0 aromatic rings. The summed E-state index contributed by atoms with van der Waals surface area (Å²) in [6.07, 6.45) is -67.3. The summed E-state index contributed by atoms with van der Waals surface area (Å²) in [5.74, 6) is -1.57. The monoisotopic (exact) mass is 1300 g/mol. The fraction of sp³-hybridized carbons (Fsp3) is 0.962. The third-order valence-corrected chi connectivity index (χ3v) is 17.2. The number of nitrogens with one attached hydrogen (secondary N) is 2. The van der Waals surface area contributed by atoms with E-state index in [1.807, 2.05) is 0 Å². The Labute approximate surface area is 508 Å². The van der Waals surface area contributed by atoms with Crippen molar-refractivity contribution in [2.45, 2.75) is 301 Å². The Morgan fingerprint density at radius 2 is 0.573 bits per heavy atom. The minimum Gasteiger partial charge on any atom is -0.394 e. The molecule has 37 nitrogen and oxygen atoms in total. The summed E-state index contributed by atoms with van der Waals surface area (Å²) >= 11 is 0. The number of carbonyl (C=O) groups is 2. The van der Waals surface area contributed by atoms with E-state index in [0.717, 1.165) is 13.8 Å². The minimum atomic E-state index is -2.16. The average Bonchev–Trinajstić information content (AvgIpc) is 0.855. The fourth-order valence-electron chi connectivity index (χ4n) is 11.9. The summed E-state index contributed by atoms with van der Waals surface area (Å²) in [5, 5.41) is 205. The molecule has 40 atom stereocenters. The van der Waals surface area contributed by atoms with Gasteiger partial charge in [-0.15, -0.1) is 0 Å². The molecule has 89 heavy (non-hydrogen) atoms. The van der Waals surface area contributed by atoms with E-state index in [4.69, 9.17) is 71.1 Å². The van der Waals surface area contributed by atoms with Crippen LogP contribution in [0.4, 0.5) is 0 Å². The topological polar surface area (TPSA) is 561 Å². The maximum atomic E-state index is 13.1. The molecule has 8 heterocycles. The summed E-state index contributed by atoms with van der Waals surface area (Å²) < 4.78 is 88.7. The zero-order chi connectivity index (χ0) is 65.7. The molecule has 2 amide bonds. The number of carbonyl (C=O) groups excluding carboxylic acids is 2. The first-order valence-corrected chi connectivity index (χ1v) is 29.3. The summed E-state index contributed by atoms with van der Waals surface area (Å²) in [4.78, 5) is 25.3. The molecule has 8 aliphatic heterocycles. The van der Waals surface area contributed by atoms with Crippen LogP contribution < -0.4 is 10.6 Å². The van der Waals surface area contributed by atoms with E-state index < -0.39 is 271 Å². The lowest BCUT2D eigenvalue weighted by atomic mass is 9.94. The minimum absolute atomic E-state index is 0.716. The van der Waals surface area contributed by atoms with Gasteiger partial charge in [0.25, 0.3) is 0 Å². The number of rotatable bonds is 18. The van der Waals surface area contributed by atoms with Crippen molar-refractivity contribution in [1.29, 1.82) is 0 Å². The summed E-state index contributed by atoms with van der Waals surface area (Å²) in [7, 11) is 0. The zero-order valence-corrected chi connectivity index (χ0v) is 49.5. The second kappa shape index (κ2) is 30.1. The van der Waals surface area contributed by atoms with Gasteiger partial charge in [-0.3, -0.25) is 9.59 Å². The molecule has 8 saturated heterocycles. The molecule has 0 unspecified atom stereocenters. The Balaban J connectivity index is 1.03. The molecule has 516 valence electrons. The van der Waals surface area contributed by atoms with Crippen LogP contribution >= 0.6 is 0 Å². The average molecular weight is 1300 g/mol. The maximum Gasteiger partial charge on any atom is 0.217 e. The number of hydrogen-bond donors (Lipinski definition) is 20. The lowest BCUT2D eigenvalue weighted by Crippen LogP contribution is -2.70. The number of aliphatic hydroxyl groups is 18. The highest BCUT2D eigenvalue weighted by Gasteiger charge is 2.59. The van der Waals surface area contributed by atoms with Gasteiger partial charge in [0.15, 0.2) is 50.3 Å². The number of hydrogen-bond acceptors (Lipinski definition) is 35. The SMILES string of the molecule is CC(=O)N[C@@H]1[C@@H](O[C@@H]2O[C@@H](C)[C@H](O)[C@@H](O)[C@H]2O[C@@H]2O[C@@H](C)[C@H](O)[C@@H](O[C@@H]3O[C@@H](C)[C@H](O)[C@@H](O)[C@H]3O[C@H]3O[C@H](CO)[C@@H](O)[C@H](O[C@@H]4O[C@@H](C)[C@H](O)[C@@H](O[C@@H]5O[C@@H](C)[C@H](O)[C@@H](O)[C@H]5O[C@@H]5O[C@@H](C)[C@H](O)[C@@H](O)[C@H]5O)[C@H]4O)[C@H]3NC(C)=O)[C@H]2O)[C@H](O)[C@@H](CO)O[C@@H]1O. The van der Waals surface area contributed by atoms with Crippen molar-refractivity contribution in [3.63, 3.8) is 0 Å². The van der Waals surface area contributed by atoms with Gasteiger partial charge >= 0.3 is 0 Å². The van der Waals surface area contributed by atoms with E-state index in [1.165, 1.54) is 41.5 Å². The lowest BCUT2D eigenvalue weighted by molar-refractivity contribution is -0.400. The zero-order valence-electron chi connectivity index (χ0n) is 49.5. The Kier molecular flexibility index (Phi) is 24.5. The van der Waals surface area contributed by atoms with Gasteiger partial charge in [-0.1, -0.05) is 0 Å². The van der Waals surface area contributed by atoms with Crippen LogP contribution in [0, 0.1) is 0 Å². The highest BCUT2D eigenvalue weighted by molar-refractivity contribution is 5.73. The standard InChI is InChI=1S/C52H88N2O35/c1-11-23(59)31(67)35(71)47(75-11)88-44-34(70)26(62)14(4)80-52(44)86-40-27(63)15(5)76-48(36(40)72)83-39-22(54-18(8)58)46(82-20(10-56)30(39)66)87-42-32(68)24(60)13(3)79-51(42)85-41-28(64)16(6)77-49(37(41)73)89-43-33(69)25(61)12(2)78-50(43)84-38-21(53-17(7)57)45(74)81-19(9-55)29(38)65/h11-16,19-52,55-56,59-74H,9-10H2,1-8H3,(H,53,57)(H,54,58)/t11-,12-,13-,14-,15-,16-,19+,20+,21+,22+,23-,24-,25-,26-,27-,28-,29+,30+,31+,32+,33+,34+,35+,36+,37+,38+,39+,40+,41+,42+,43+,44+,45-,46+,47-,48-,49-,50-,51-,52-/m0/s1. The molecule has 0 radical (unpaired) electrons. The van der Waals surface area contributed by atoms with Crippen LogP contribution in [-0.2, 0) is 80.6 Å². The van der Waals surface area contributed by atoms with E-state index in [-0.39, 0.29) is 0 Å². The normalized spacial score (nSPS) is 53.4. The molecule has 0 aromatic carbocycles. The highest BCUT2D eigenvalue weighted by atomic mass is 16.8. The van der Waals surface area contributed by atoms with E-state index in [9.17, 15) is 102 Å². The van der Waals surface area contributed by atoms with Crippen LogP contribution in [0.15, 0.2) is 0 Å². The van der Waals surface area contributed by atoms with Crippen molar-refractivity contribution in [2.24, 2.45) is 0 Å². The number of ether oxygens (including phenoxy) is 15. The molecular weight excluding hydrogens is 1210 g/mol. The smallest absolute Gasteiger partial charge is 0.217 e. The second-order valence-corrected chi connectivity index (χ2v) is 23.7. The van der Waals surface area contributed by atoms with Crippen molar-refractivity contribution in [3.05, 3.63) is 0 Å². The highest BCUT2D eigenvalue weighted by Crippen LogP contribution is 2.39. The van der Waals surface area contributed by atoms with Crippen molar-refractivity contribution in [2.75, 3.05) is 13.2 Å². The van der Waals surface area contributed by atoms with Gasteiger partial charge in [-0.2, -0.15) is 0 Å². The fourth-order valence-corrected chi connectivity index (χ4v) is 11.9. The molecule has 0 bridgehead atoms. The molecule has 0 saturated carbocycles. The van der Waals surface area contributed by atoms with Crippen LogP contribution in [0.5, 0.6) is 0 Å². The predicted octanol–water partition coefficient (Wildman–Crippen LogP) is -12.0. The van der Waals surface area contributed by atoms with Crippen molar-refractivity contribution < 1.29 is 173 Å². The van der Waals surface area contributed by atoms with Crippen molar-refractivity contribution >= 4 is 11.8 Å². The first kappa shape index (κ1) is 72.4. The van der Waals surface area contributed by atoms with E-state index >= 15 is 0 Å². The van der Waals surface area contributed by atoms with Crippen LogP contribution in [0.25, 0.3) is 0 Å². The molecule has 0 aliphatic carbocycles. The Morgan fingerprint density at radius 1 is 0.292 bits per heavy atom. The quantitative estimate of drug-likeness (QED) is 0.0606. The maximum absolute atomic E-state index is 13.1. The van der Waals surface area contributed by atoms with Gasteiger partial charge in [0.2, 0.25) is 11.8 Å². The van der Waals surface area contributed by atoms with Crippen LogP contribution in [0.3, 0.4) is 0 Å². The van der Waals surface area contributed by atoms with E-state index in [2.05, 4.69) is 10.6 Å². The molecular formula is C52H88N2O35. The van der Waals surface area contributed by atoms with Crippen LogP contribution in [0.2, 0.25) is 0 Å². The van der Waals surface area contributed by atoms with Gasteiger partial charge in [0.1, 0.15) is 159 Å². The summed E-state index contributed by atoms with van der Waals surface area (Å²) in [5.41, 5.74) is 0. The van der Waals surface area contributed by atoms with Gasteiger partial charge in [0.05, 0.1) is 49.8 Å². The summed E-state index contributed by atoms with van der Waals surface area (Å²) in [6.45, 7) is 8.17. The molecule has 8 fully saturated rings. The van der Waals surface area contributed by atoms with E-state index in [1.54, 1.807) is 0 Å². The summed E-state index contributed by atoms with van der Waals surface area (Å²) in [6, 6.07) is -3.32. The molecule has 37 heteroatoms. The molecule has 20 N–H and O–H groups in total. The Morgan fingerprint density at radius 3 is 0.955 bits per heavy atom. The lowest BCUT2D eigenvalue weighted by Gasteiger charge is -2.51. The number of aliphatic hydroxyl groups excluding tert-OH is 18. The first-order valence-electron chi connectivity index (χ1n) is 29.3. The second-order valence-electron chi connectivity index (χ2n) is 23.7. The Bertz CT molecular complexity index is 2280. The molecule has 0 spiro atoms. The molecule has 0 aromatic heterocycles. The third-order valence-electron chi connectivity index (χ3n) is 17.2. The van der Waals surface area contributed by atoms with E-state index in [0.29, 0.717) is 0 Å². The van der Waals surface area contributed by atoms with Gasteiger partial charge in [-0.25, -0.2) is 0 Å². The molecule has 8 aliphatic rings. The third kappa shape index (κ3) is 15.3. The van der Waals surface area contributed by atoms with Gasteiger partial charge < -0.3 is 174 Å².